The highest BCUT2D eigenvalue weighted by Crippen LogP contribution is 2.31. The molecule has 0 aliphatic rings. The summed E-state index contributed by atoms with van der Waals surface area (Å²) < 4.78 is 12.9. The number of aryl methyl sites for hydroxylation is 1. The third kappa shape index (κ3) is 6.85. The maximum Gasteiger partial charge on any atom is 0.362 e. The molecule has 0 aliphatic carbocycles. The summed E-state index contributed by atoms with van der Waals surface area (Å²) in [4.78, 5) is 1.54. The van der Waals surface area contributed by atoms with Crippen molar-refractivity contribution < 1.29 is 13.3 Å². The summed E-state index contributed by atoms with van der Waals surface area (Å²) in [5.74, 6) is 0.565. The highest BCUT2D eigenvalue weighted by atomic mass is 28.4. The molecule has 0 aliphatic heterocycles. The molecule has 0 amide bonds. The monoisotopic (exact) mass is 486 g/mol. The summed E-state index contributed by atoms with van der Waals surface area (Å²) in [5, 5.41) is 20.2. The molecule has 3 rings (SSSR count). The maximum atomic E-state index is 11.1. The fraction of sp³-hybridized carbons (Fsp3) is 0.478. The molecule has 9 heteroatoms. The number of phenolic OH excluding ortho intramolecular Hbond substituents is 1. The number of phenols is 1. The van der Waals surface area contributed by atoms with Crippen molar-refractivity contribution in [2.75, 3.05) is 0 Å². The van der Waals surface area contributed by atoms with E-state index in [1.165, 1.54) is 0 Å². The van der Waals surface area contributed by atoms with Crippen molar-refractivity contribution in [1.82, 2.24) is 15.0 Å². The van der Waals surface area contributed by atoms with Crippen LogP contribution >= 0.6 is 0 Å². The molecule has 0 saturated heterocycles. The van der Waals surface area contributed by atoms with E-state index < -0.39 is 25.9 Å². The average Bonchev–Trinajstić information content (AvgIpc) is 3.05. The van der Waals surface area contributed by atoms with Crippen LogP contribution in [0, 0.1) is 12.8 Å². The normalized spacial score (nSPS) is 13.8. The van der Waals surface area contributed by atoms with Gasteiger partial charge in [0.1, 0.15) is 22.5 Å². The lowest BCUT2D eigenvalue weighted by Crippen LogP contribution is -2.44. The van der Waals surface area contributed by atoms with Gasteiger partial charge in [-0.2, -0.15) is 0 Å². The number of hydrogen-bond donors (Lipinski definition) is 1. The Hall–Kier alpha value is -1.79. The van der Waals surface area contributed by atoms with E-state index >= 15 is 0 Å². The summed E-state index contributed by atoms with van der Waals surface area (Å²) in [7, 11) is -4.76. The van der Waals surface area contributed by atoms with Crippen LogP contribution in [0.2, 0.25) is 45.3 Å². The Balaban J connectivity index is 1.83. The van der Waals surface area contributed by atoms with E-state index in [1.54, 1.807) is 4.80 Å². The predicted molar refractivity (Wildman–Crippen MR) is 138 cm³/mol. The van der Waals surface area contributed by atoms with Crippen molar-refractivity contribution in [3.8, 4) is 11.4 Å². The van der Waals surface area contributed by atoms with Gasteiger partial charge in [-0.05, 0) is 93.9 Å². The van der Waals surface area contributed by atoms with E-state index in [0.29, 0.717) is 11.6 Å². The molecular weight excluding hydrogens is 451 g/mol. The lowest BCUT2D eigenvalue weighted by molar-refractivity contribution is 0.399. The molecule has 1 heterocycles. The van der Waals surface area contributed by atoms with Crippen molar-refractivity contribution in [2.45, 2.75) is 65.6 Å². The Morgan fingerprint density at radius 3 is 2.00 bits per heavy atom. The number of aromatic hydroxyl groups is 1. The molecular formula is C23H36N3O3Si3. The van der Waals surface area contributed by atoms with E-state index in [4.69, 9.17) is 8.23 Å². The molecule has 1 radical (unpaired) electrons. The minimum atomic E-state index is -1.70. The average molecular weight is 487 g/mol. The SMILES string of the molecule is Cc1cc(CC(C)C[Si](O[Si](C)(C)C)O[Si](C)(C)C)c(O)c(-n2nc3ccccc3n2)c1. The van der Waals surface area contributed by atoms with Crippen LogP contribution in [0.4, 0.5) is 0 Å². The predicted octanol–water partition coefficient (Wildman–Crippen LogP) is 5.80. The molecule has 0 saturated carbocycles. The van der Waals surface area contributed by atoms with Crippen molar-refractivity contribution in [1.29, 1.82) is 0 Å². The minimum Gasteiger partial charge on any atom is -0.505 e. The molecule has 1 aromatic heterocycles. The van der Waals surface area contributed by atoms with E-state index in [2.05, 4.69) is 62.5 Å². The first-order chi connectivity index (χ1) is 14.8. The van der Waals surface area contributed by atoms with E-state index in [0.717, 1.165) is 34.6 Å². The van der Waals surface area contributed by atoms with Crippen LogP contribution in [0.5, 0.6) is 5.75 Å². The first-order valence-corrected chi connectivity index (χ1v) is 19.5. The first-order valence-electron chi connectivity index (χ1n) is 11.2. The maximum absolute atomic E-state index is 11.1. The van der Waals surface area contributed by atoms with E-state index in [9.17, 15) is 5.11 Å². The zero-order valence-electron chi connectivity index (χ0n) is 20.6. The zero-order valence-corrected chi connectivity index (χ0v) is 23.6. The van der Waals surface area contributed by atoms with Crippen LogP contribution in [0.1, 0.15) is 18.1 Å². The minimum absolute atomic E-state index is 0.244. The number of fused-ring (bicyclic) bond motifs is 1. The van der Waals surface area contributed by atoms with Crippen LogP contribution in [-0.4, -0.2) is 46.0 Å². The van der Waals surface area contributed by atoms with E-state index in [1.807, 2.05) is 37.3 Å². The van der Waals surface area contributed by atoms with Crippen molar-refractivity contribution in [2.24, 2.45) is 5.92 Å². The highest BCUT2D eigenvalue weighted by Gasteiger charge is 2.31. The first kappa shape index (κ1) is 24.8. The van der Waals surface area contributed by atoms with E-state index in [-0.39, 0.29) is 5.75 Å². The molecule has 1 atom stereocenters. The number of aromatic nitrogens is 3. The van der Waals surface area contributed by atoms with Crippen LogP contribution in [0.25, 0.3) is 16.7 Å². The lowest BCUT2D eigenvalue weighted by Gasteiger charge is -2.31. The topological polar surface area (TPSA) is 69.4 Å². The molecule has 0 spiro atoms. The van der Waals surface area contributed by atoms with Gasteiger partial charge in [0.15, 0.2) is 16.6 Å². The second-order valence-corrected chi connectivity index (χ2v) is 21.8. The van der Waals surface area contributed by atoms with Crippen LogP contribution in [0.15, 0.2) is 36.4 Å². The Labute approximate surface area is 195 Å². The second kappa shape index (κ2) is 9.60. The smallest absolute Gasteiger partial charge is 0.362 e. The second-order valence-electron chi connectivity index (χ2n) is 10.6. The molecule has 32 heavy (non-hydrogen) atoms. The Bertz CT molecular complexity index is 1020. The van der Waals surface area contributed by atoms with Gasteiger partial charge in [0.25, 0.3) is 0 Å². The summed E-state index contributed by atoms with van der Waals surface area (Å²) in [6.45, 7) is 17.6. The van der Waals surface area contributed by atoms with Gasteiger partial charge in [0, 0.05) is 0 Å². The Morgan fingerprint density at radius 1 is 0.969 bits per heavy atom. The lowest BCUT2D eigenvalue weighted by atomic mass is 9.99. The molecule has 1 unspecified atom stereocenters. The summed E-state index contributed by atoms with van der Waals surface area (Å²) >= 11 is 0. The van der Waals surface area contributed by atoms with Crippen molar-refractivity contribution in [3.63, 3.8) is 0 Å². The highest BCUT2D eigenvalue weighted by molar-refractivity contribution is 6.81. The summed E-state index contributed by atoms with van der Waals surface area (Å²) in [5.41, 5.74) is 4.22. The van der Waals surface area contributed by atoms with Gasteiger partial charge in [0.2, 0.25) is 0 Å². The molecule has 2 aromatic carbocycles. The van der Waals surface area contributed by atoms with Crippen LogP contribution in [0.3, 0.4) is 0 Å². The third-order valence-electron chi connectivity index (χ3n) is 4.74. The fourth-order valence-electron chi connectivity index (χ4n) is 3.63. The largest absolute Gasteiger partial charge is 0.505 e. The van der Waals surface area contributed by atoms with Gasteiger partial charge in [0.05, 0.1) is 0 Å². The number of hydrogen-bond acceptors (Lipinski definition) is 5. The third-order valence-corrected chi connectivity index (χ3v) is 12.5. The van der Waals surface area contributed by atoms with Gasteiger partial charge < -0.3 is 13.3 Å². The molecule has 173 valence electrons. The molecule has 0 fully saturated rings. The molecule has 6 nitrogen and oxygen atoms in total. The van der Waals surface area contributed by atoms with Crippen molar-refractivity contribution >= 4 is 37.0 Å². The van der Waals surface area contributed by atoms with Gasteiger partial charge in [-0.1, -0.05) is 25.1 Å². The van der Waals surface area contributed by atoms with Gasteiger partial charge in [-0.15, -0.1) is 15.0 Å². The van der Waals surface area contributed by atoms with Crippen molar-refractivity contribution in [3.05, 3.63) is 47.5 Å². The Morgan fingerprint density at radius 2 is 1.50 bits per heavy atom. The summed E-state index contributed by atoms with van der Waals surface area (Å²) in [6, 6.07) is 12.6. The number of benzene rings is 2. The van der Waals surface area contributed by atoms with Gasteiger partial charge in [-0.3, -0.25) is 0 Å². The standard InChI is InChI=1S/C23H36N3O3Si3/c1-17-13-19(14-18(2)16-30(28-31(3,4)5)29-32(6,7)8)23(27)22(15-17)26-24-20-11-9-10-12-21(20)25-26/h9-13,15,18,27H,14,16H2,1-8H3. The molecule has 3 aromatic rings. The molecule has 0 bridgehead atoms. The van der Waals surface area contributed by atoms with Crippen LogP contribution in [-0.2, 0) is 14.7 Å². The van der Waals surface area contributed by atoms with Gasteiger partial charge in [-0.25, -0.2) is 0 Å². The number of nitrogens with zero attached hydrogens (tertiary/aromatic N) is 3. The zero-order chi connectivity index (χ0) is 23.7. The fourth-order valence-corrected chi connectivity index (χ4v) is 11.0. The van der Waals surface area contributed by atoms with Crippen LogP contribution < -0.4 is 0 Å². The quantitative estimate of drug-likeness (QED) is 0.387. The van der Waals surface area contributed by atoms with Gasteiger partial charge >= 0.3 is 9.28 Å². The summed E-state index contributed by atoms with van der Waals surface area (Å²) in [6.07, 6.45) is 0.750. The Kier molecular flexibility index (Phi) is 7.45. The number of rotatable bonds is 9. The molecule has 1 N–H and O–H groups in total.